The number of hydrogen-bond donors (Lipinski definition) is 2. The minimum absolute atomic E-state index is 0.133. The number of hydrogen-bond acceptors (Lipinski definition) is 3. The van der Waals surface area contributed by atoms with E-state index in [2.05, 4.69) is 31.5 Å². The maximum atomic E-state index is 11.4. The normalized spacial score (nSPS) is 14.3. The van der Waals surface area contributed by atoms with Crippen LogP contribution in [-0.4, -0.2) is 23.5 Å². The Morgan fingerprint density at radius 1 is 1.56 bits per heavy atom. The third-order valence-corrected chi connectivity index (χ3v) is 3.35. The topological polar surface area (TPSA) is 54.0 Å². The minimum atomic E-state index is 0.133. The van der Waals surface area contributed by atoms with Crippen molar-refractivity contribution >= 4 is 39.3 Å². The van der Waals surface area contributed by atoms with E-state index < -0.39 is 0 Å². The second kappa shape index (κ2) is 6.38. The molecule has 1 fully saturated rings. The Morgan fingerprint density at radius 2 is 2.33 bits per heavy atom. The summed E-state index contributed by atoms with van der Waals surface area (Å²) in [4.78, 5) is 15.6. The first-order chi connectivity index (χ1) is 8.65. The quantitative estimate of drug-likeness (QED) is 0.788. The molecule has 0 unspecified atom stereocenters. The summed E-state index contributed by atoms with van der Waals surface area (Å²) in [6, 6.07) is 2.23. The van der Waals surface area contributed by atoms with Gasteiger partial charge in [-0.3, -0.25) is 4.79 Å². The molecule has 0 aliphatic heterocycles. The lowest BCUT2D eigenvalue weighted by molar-refractivity contribution is -0.121. The summed E-state index contributed by atoms with van der Waals surface area (Å²) < 4.78 is 0.849. The van der Waals surface area contributed by atoms with E-state index in [1.807, 2.05) is 0 Å². The summed E-state index contributed by atoms with van der Waals surface area (Å²) in [5.74, 6) is 0.789. The van der Waals surface area contributed by atoms with E-state index >= 15 is 0 Å². The zero-order valence-corrected chi connectivity index (χ0v) is 12.2. The Morgan fingerprint density at radius 3 is 3.00 bits per heavy atom. The molecule has 1 aliphatic rings. The van der Waals surface area contributed by atoms with E-state index in [-0.39, 0.29) is 5.91 Å². The van der Waals surface area contributed by atoms with E-state index in [4.69, 9.17) is 11.6 Å². The van der Waals surface area contributed by atoms with Gasteiger partial charge in [0.25, 0.3) is 0 Å². The van der Waals surface area contributed by atoms with Gasteiger partial charge in [-0.2, -0.15) is 0 Å². The second-order valence-corrected chi connectivity index (χ2v) is 5.68. The fourth-order valence-electron chi connectivity index (χ4n) is 1.53. The third kappa shape index (κ3) is 4.46. The number of carbonyl (C=O) groups excluding carboxylic acids is 1. The molecule has 0 saturated heterocycles. The molecule has 0 aromatic carbocycles. The molecule has 1 amide bonds. The molecule has 1 aromatic heterocycles. The monoisotopic (exact) mass is 331 g/mol. The smallest absolute Gasteiger partial charge is 0.220 e. The first-order valence-electron chi connectivity index (χ1n) is 5.99. The van der Waals surface area contributed by atoms with Gasteiger partial charge in [0.2, 0.25) is 5.91 Å². The number of pyridine rings is 1. The molecule has 1 aliphatic carbocycles. The van der Waals surface area contributed by atoms with Crippen molar-refractivity contribution in [1.29, 1.82) is 0 Å². The van der Waals surface area contributed by atoms with Crippen LogP contribution in [0, 0.1) is 0 Å². The molecule has 0 bridgehead atoms. The van der Waals surface area contributed by atoms with Crippen molar-refractivity contribution < 1.29 is 4.79 Å². The molecule has 1 heterocycles. The molecule has 4 nitrogen and oxygen atoms in total. The van der Waals surface area contributed by atoms with Gasteiger partial charge in [-0.05, 0) is 41.3 Å². The van der Waals surface area contributed by atoms with Gasteiger partial charge in [-0.25, -0.2) is 4.98 Å². The molecule has 0 spiro atoms. The van der Waals surface area contributed by atoms with Crippen LogP contribution in [-0.2, 0) is 4.79 Å². The number of carbonyl (C=O) groups is 1. The van der Waals surface area contributed by atoms with Crippen LogP contribution >= 0.6 is 27.5 Å². The van der Waals surface area contributed by atoms with Gasteiger partial charge >= 0.3 is 0 Å². The summed E-state index contributed by atoms with van der Waals surface area (Å²) in [7, 11) is 0. The van der Waals surface area contributed by atoms with Crippen LogP contribution in [0.3, 0.4) is 0 Å². The minimum Gasteiger partial charge on any atom is -0.369 e. The second-order valence-electron chi connectivity index (χ2n) is 4.36. The zero-order chi connectivity index (χ0) is 13.0. The Bertz CT molecular complexity index is 437. The molecule has 98 valence electrons. The Hall–Kier alpha value is -0.810. The number of nitrogens with zero attached hydrogens (tertiary/aromatic N) is 1. The van der Waals surface area contributed by atoms with Crippen LogP contribution in [0.25, 0.3) is 0 Å². The standard InChI is InChI=1S/C12H15BrClN3O/c13-8-6-10(14)12(16-7-8)15-5-1-2-11(18)17-9-3-4-9/h6-7,9H,1-5H2,(H,15,16)(H,17,18). The fraction of sp³-hybridized carbons (Fsp3) is 0.500. The van der Waals surface area contributed by atoms with Gasteiger partial charge in [-0.15, -0.1) is 0 Å². The van der Waals surface area contributed by atoms with Crippen LogP contribution in [0.4, 0.5) is 5.82 Å². The summed E-state index contributed by atoms with van der Waals surface area (Å²) in [6.45, 7) is 0.687. The number of aromatic nitrogens is 1. The van der Waals surface area contributed by atoms with Crippen LogP contribution < -0.4 is 10.6 Å². The molecule has 2 rings (SSSR count). The predicted molar refractivity (Wildman–Crippen MR) is 75.8 cm³/mol. The lowest BCUT2D eigenvalue weighted by atomic mass is 10.3. The van der Waals surface area contributed by atoms with E-state index in [9.17, 15) is 4.79 Å². The molecule has 6 heteroatoms. The molecule has 18 heavy (non-hydrogen) atoms. The largest absolute Gasteiger partial charge is 0.369 e. The van der Waals surface area contributed by atoms with Crippen molar-refractivity contribution in [2.75, 3.05) is 11.9 Å². The van der Waals surface area contributed by atoms with Crippen LogP contribution in [0.2, 0.25) is 5.02 Å². The molecule has 1 aromatic rings. The summed E-state index contributed by atoms with van der Waals surface area (Å²) >= 11 is 9.31. The van der Waals surface area contributed by atoms with Crippen LogP contribution in [0.5, 0.6) is 0 Å². The van der Waals surface area contributed by atoms with Crippen molar-refractivity contribution in [2.24, 2.45) is 0 Å². The molecule has 0 radical (unpaired) electrons. The predicted octanol–water partition coefficient (Wildman–Crippen LogP) is 2.97. The number of rotatable bonds is 6. The summed E-state index contributed by atoms with van der Waals surface area (Å²) in [5, 5.41) is 6.65. The van der Waals surface area contributed by atoms with Gasteiger partial charge in [0, 0.05) is 29.7 Å². The molecule has 1 saturated carbocycles. The van der Waals surface area contributed by atoms with Crippen molar-refractivity contribution in [2.45, 2.75) is 31.7 Å². The first kappa shape index (κ1) is 13.6. The number of halogens is 2. The van der Waals surface area contributed by atoms with Crippen LogP contribution in [0.1, 0.15) is 25.7 Å². The SMILES string of the molecule is O=C(CCCNc1ncc(Br)cc1Cl)NC1CC1. The highest BCUT2D eigenvalue weighted by atomic mass is 79.9. The molecule has 0 atom stereocenters. The Labute approximate surface area is 120 Å². The van der Waals surface area contributed by atoms with Gasteiger partial charge in [0.1, 0.15) is 5.82 Å². The van der Waals surface area contributed by atoms with E-state index in [0.29, 0.717) is 29.8 Å². The lowest BCUT2D eigenvalue weighted by Gasteiger charge is -2.07. The highest BCUT2D eigenvalue weighted by Gasteiger charge is 2.22. The molecule has 2 N–H and O–H groups in total. The van der Waals surface area contributed by atoms with Gasteiger partial charge in [0.05, 0.1) is 5.02 Å². The zero-order valence-electron chi connectivity index (χ0n) is 9.88. The number of nitrogens with one attached hydrogen (secondary N) is 2. The Balaban J connectivity index is 1.66. The van der Waals surface area contributed by atoms with E-state index in [1.54, 1.807) is 12.3 Å². The summed E-state index contributed by atoms with van der Waals surface area (Å²) in [6.07, 6.45) is 5.25. The van der Waals surface area contributed by atoms with Crippen molar-refractivity contribution in [3.63, 3.8) is 0 Å². The van der Waals surface area contributed by atoms with E-state index in [0.717, 1.165) is 23.7 Å². The third-order valence-electron chi connectivity index (χ3n) is 2.62. The lowest BCUT2D eigenvalue weighted by Crippen LogP contribution is -2.25. The van der Waals surface area contributed by atoms with Crippen molar-refractivity contribution in [3.8, 4) is 0 Å². The maximum absolute atomic E-state index is 11.4. The van der Waals surface area contributed by atoms with Gasteiger partial charge in [0.15, 0.2) is 0 Å². The number of amides is 1. The Kier molecular flexibility index (Phi) is 4.83. The summed E-state index contributed by atoms with van der Waals surface area (Å²) in [5.41, 5.74) is 0. The molecular formula is C12H15BrClN3O. The first-order valence-corrected chi connectivity index (χ1v) is 7.16. The average molecular weight is 333 g/mol. The molecular weight excluding hydrogens is 318 g/mol. The highest BCUT2D eigenvalue weighted by Crippen LogP contribution is 2.22. The fourth-order valence-corrected chi connectivity index (χ4v) is 2.22. The van der Waals surface area contributed by atoms with Gasteiger partial charge < -0.3 is 10.6 Å². The van der Waals surface area contributed by atoms with Crippen molar-refractivity contribution in [3.05, 3.63) is 21.8 Å². The van der Waals surface area contributed by atoms with Gasteiger partial charge in [-0.1, -0.05) is 11.6 Å². The highest BCUT2D eigenvalue weighted by molar-refractivity contribution is 9.10. The maximum Gasteiger partial charge on any atom is 0.220 e. The van der Waals surface area contributed by atoms with Crippen molar-refractivity contribution in [1.82, 2.24) is 10.3 Å². The van der Waals surface area contributed by atoms with E-state index in [1.165, 1.54) is 0 Å². The average Bonchev–Trinajstić information content (AvgIpc) is 3.10. The number of anilines is 1. The van der Waals surface area contributed by atoms with Crippen LogP contribution in [0.15, 0.2) is 16.7 Å².